The first-order valence-electron chi connectivity index (χ1n) is 8.93. The summed E-state index contributed by atoms with van der Waals surface area (Å²) in [5.74, 6) is 1.12. The molecule has 0 aliphatic carbocycles. The van der Waals surface area contributed by atoms with Gasteiger partial charge in [0.1, 0.15) is 12.4 Å². The van der Waals surface area contributed by atoms with E-state index in [1.165, 1.54) is 11.8 Å². The maximum absolute atomic E-state index is 6.23. The molecule has 0 atom stereocenters. The SMILES string of the molecule is CNc1nc(SC)nc(OCc2ccccc2)c1B1OC(C)(C)C(C)(C)O1. The average Bonchev–Trinajstić information content (AvgIpc) is 2.86. The summed E-state index contributed by atoms with van der Waals surface area (Å²) >= 11 is 1.46. The maximum atomic E-state index is 6.23. The van der Waals surface area contributed by atoms with Crippen molar-refractivity contribution in [1.29, 1.82) is 0 Å². The molecule has 1 fully saturated rings. The van der Waals surface area contributed by atoms with Gasteiger partial charge in [0.2, 0.25) is 5.88 Å². The molecule has 0 amide bonds. The third kappa shape index (κ3) is 4.07. The van der Waals surface area contributed by atoms with Gasteiger partial charge in [0.15, 0.2) is 5.16 Å². The predicted molar refractivity (Wildman–Crippen MR) is 110 cm³/mol. The van der Waals surface area contributed by atoms with Crippen molar-refractivity contribution in [2.45, 2.75) is 50.7 Å². The summed E-state index contributed by atoms with van der Waals surface area (Å²) < 4.78 is 18.6. The zero-order valence-corrected chi connectivity index (χ0v) is 17.5. The van der Waals surface area contributed by atoms with Crippen LogP contribution < -0.4 is 15.5 Å². The molecule has 2 aromatic rings. The molecule has 1 aromatic heterocycles. The Hall–Kier alpha value is -1.77. The van der Waals surface area contributed by atoms with E-state index in [9.17, 15) is 0 Å². The molecule has 0 unspecified atom stereocenters. The van der Waals surface area contributed by atoms with Crippen molar-refractivity contribution in [3.8, 4) is 5.88 Å². The third-order valence-electron chi connectivity index (χ3n) is 5.02. The molecular weight excluding hydrogens is 361 g/mol. The Balaban J connectivity index is 1.98. The first-order chi connectivity index (χ1) is 12.8. The van der Waals surface area contributed by atoms with E-state index in [1.54, 1.807) is 0 Å². The van der Waals surface area contributed by atoms with Crippen LogP contribution in [0.15, 0.2) is 35.5 Å². The molecule has 0 spiro atoms. The van der Waals surface area contributed by atoms with Crippen LogP contribution in [-0.2, 0) is 15.9 Å². The van der Waals surface area contributed by atoms with Crippen molar-refractivity contribution >= 4 is 30.2 Å². The number of thioether (sulfide) groups is 1. The van der Waals surface area contributed by atoms with E-state index in [-0.39, 0.29) is 0 Å². The molecular formula is C19H26BN3O3S. The number of nitrogens with zero attached hydrogens (tertiary/aromatic N) is 2. The van der Waals surface area contributed by atoms with E-state index in [0.29, 0.717) is 28.9 Å². The lowest BCUT2D eigenvalue weighted by atomic mass is 9.79. The Labute approximate surface area is 165 Å². The van der Waals surface area contributed by atoms with Gasteiger partial charge < -0.3 is 19.4 Å². The fourth-order valence-electron chi connectivity index (χ4n) is 2.72. The molecule has 0 saturated carbocycles. The first kappa shape index (κ1) is 20.0. The molecule has 1 aliphatic heterocycles. The molecule has 8 heteroatoms. The number of hydrogen-bond donors (Lipinski definition) is 1. The summed E-state index contributed by atoms with van der Waals surface area (Å²) in [6.07, 6.45) is 1.93. The highest BCUT2D eigenvalue weighted by molar-refractivity contribution is 7.98. The van der Waals surface area contributed by atoms with Gasteiger partial charge in [-0.05, 0) is 39.5 Å². The molecule has 1 saturated heterocycles. The molecule has 144 valence electrons. The quantitative estimate of drug-likeness (QED) is 0.464. The number of anilines is 1. The van der Waals surface area contributed by atoms with Crippen LogP contribution in [0, 0.1) is 0 Å². The van der Waals surface area contributed by atoms with Gasteiger partial charge in [-0.3, -0.25) is 0 Å². The van der Waals surface area contributed by atoms with Gasteiger partial charge in [-0.2, -0.15) is 4.98 Å². The number of hydrogen-bond acceptors (Lipinski definition) is 7. The Morgan fingerprint density at radius 1 is 1.07 bits per heavy atom. The lowest BCUT2D eigenvalue weighted by molar-refractivity contribution is 0.00578. The molecule has 2 heterocycles. The summed E-state index contributed by atoms with van der Waals surface area (Å²) in [4.78, 5) is 9.15. The van der Waals surface area contributed by atoms with E-state index in [4.69, 9.17) is 14.0 Å². The van der Waals surface area contributed by atoms with Crippen LogP contribution in [0.4, 0.5) is 5.82 Å². The smallest absolute Gasteiger partial charge is 0.473 e. The summed E-state index contributed by atoms with van der Waals surface area (Å²) in [5.41, 5.74) is 0.826. The van der Waals surface area contributed by atoms with Crippen molar-refractivity contribution in [3.05, 3.63) is 35.9 Å². The van der Waals surface area contributed by atoms with Crippen LogP contribution in [0.25, 0.3) is 0 Å². The second-order valence-electron chi connectivity index (χ2n) is 7.39. The van der Waals surface area contributed by atoms with E-state index >= 15 is 0 Å². The van der Waals surface area contributed by atoms with E-state index < -0.39 is 18.3 Å². The van der Waals surface area contributed by atoms with Crippen LogP contribution in [0.1, 0.15) is 33.3 Å². The molecule has 1 N–H and O–H groups in total. The maximum Gasteiger partial charge on any atom is 0.504 e. The van der Waals surface area contributed by atoms with Gasteiger partial charge in [0.25, 0.3) is 0 Å². The normalized spacial score (nSPS) is 17.8. The standard InChI is InChI=1S/C19H26BN3O3S/c1-18(2)19(3,4)26-20(25-18)14-15(21-5)22-17(27-6)23-16(14)24-12-13-10-8-7-9-11-13/h7-11H,12H2,1-6H3,(H,21,22,23). The van der Waals surface area contributed by atoms with Gasteiger partial charge >= 0.3 is 7.12 Å². The third-order valence-corrected chi connectivity index (χ3v) is 5.56. The van der Waals surface area contributed by atoms with Gasteiger partial charge in [0.05, 0.1) is 16.7 Å². The summed E-state index contributed by atoms with van der Waals surface area (Å²) in [6.45, 7) is 8.49. The zero-order valence-electron chi connectivity index (χ0n) is 16.7. The number of aromatic nitrogens is 2. The lowest BCUT2D eigenvalue weighted by Crippen LogP contribution is -2.41. The zero-order chi connectivity index (χ0) is 19.7. The van der Waals surface area contributed by atoms with Crippen LogP contribution in [0.3, 0.4) is 0 Å². The van der Waals surface area contributed by atoms with E-state index in [2.05, 4.69) is 15.3 Å². The number of rotatable bonds is 6. The number of ether oxygens (including phenoxy) is 1. The minimum Gasteiger partial charge on any atom is -0.473 e. The van der Waals surface area contributed by atoms with Crippen LogP contribution in [0.2, 0.25) is 0 Å². The van der Waals surface area contributed by atoms with Crippen LogP contribution in [0.5, 0.6) is 5.88 Å². The van der Waals surface area contributed by atoms with Crippen molar-refractivity contribution in [1.82, 2.24) is 9.97 Å². The topological polar surface area (TPSA) is 65.5 Å². The van der Waals surface area contributed by atoms with Crippen molar-refractivity contribution < 1.29 is 14.0 Å². The highest BCUT2D eigenvalue weighted by Gasteiger charge is 2.53. The molecule has 27 heavy (non-hydrogen) atoms. The van der Waals surface area contributed by atoms with E-state index in [0.717, 1.165) is 5.56 Å². The van der Waals surface area contributed by atoms with E-state index in [1.807, 2.05) is 71.3 Å². The molecule has 1 aromatic carbocycles. The largest absolute Gasteiger partial charge is 0.504 e. The highest BCUT2D eigenvalue weighted by Crippen LogP contribution is 2.37. The van der Waals surface area contributed by atoms with Crippen molar-refractivity contribution in [2.75, 3.05) is 18.6 Å². The predicted octanol–water partition coefficient (Wildman–Crippen LogP) is 3.12. The summed E-state index contributed by atoms with van der Waals surface area (Å²) in [6, 6.07) is 9.99. The highest BCUT2D eigenvalue weighted by atomic mass is 32.2. The Morgan fingerprint density at radius 2 is 1.70 bits per heavy atom. The minimum absolute atomic E-state index is 0.404. The second kappa shape index (κ2) is 7.69. The fourth-order valence-corrected chi connectivity index (χ4v) is 3.08. The second-order valence-corrected chi connectivity index (χ2v) is 8.16. The summed E-state index contributed by atoms with van der Waals surface area (Å²) in [5, 5.41) is 3.76. The fraction of sp³-hybridized carbons (Fsp3) is 0.474. The molecule has 0 radical (unpaired) electrons. The monoisotopic (exact) mass is 387 g/mol. The lowest BCUT2D eigenvalue weighted by Gasteiger charge is -2.32. The Morgan fingerprint density at radius 3 is 2.26 bits per heavy atom. The number of benzene rings is 1. The van der Waals surface area contributed by atoms with Crippen molar-refractivity contribution in [3.63, 3.8) is 0 Å². The Kier molecular flexibility index (Phi) is 5.69. The van der Waals surface area contributed by atoms with Crippen LogP contribution in [-0.4, -0.2) is 41.6 Å². The summed E-state index contributed by atoms with van der Waals surface area (Å²) in [7, 11) is 1.21. The van der Waals surface area contributed by atoms with Crippen LogP contribution >= 0.6 is 11.8 Å². The molecule has 6 nitrogen and oxygen atoms in total. The molecule has 3 rings (SSSR count). The number of nitrogens with one attached hydrogen (secondary N) is 1. The van der Waals surface area contributed by atoms with Gasteiger partial charge in [-0.25, -0.2) is 4.98 Å². The minimum atomic E-state index is -0.612. The van der Waals surface area contributed by atoms with Crippen molar-refractivity contribution in [2.24, 2.45) is 0 Å². The molecule has 1 aliphatic rings. The van der Waals surface area contributed by atoms with Gasteiger partial charge in [0, 0.05) is 7.05 Å². The van der Waals surface area contributed by atoms with Gasteiger partial charge in [-0.1, -0.05) is 42.1 Å². The molecule has 0 bridgehead atoms. The first-order valence-corrected chi connectivity index (χ1v) is 10.2. The van der Waals surface area contributed by atoms with Gasteiger partial charge in [-0.15, -0.1) is 0 Å². The Bertz CT molecular complexity index is 786. The average molecular weight is 387 g/mol.